The summed E-state index contributed by atoms with van der Waals surface area (Å²) in [4.78, 5) is 2.46. The van der Waals surface area contributed by atoms with Crippen LogP contribution in [0.3, 0.4) is 0 Å². The topological polar surface area (TPSA) is 29.3 Å². The number of nitrogens with two attached hydrogens (primary N) is 1. The Labute approximate surface area is 119 Å². The van der Waals surface area contributed by atoms with Crippen LogP contribution in [0.5, 0.6) is 0 Å². The smallest absolute Gasteiger partial charge is 0.0334 e. The predicted molar refractivity (Wildman–Crippen MR) is 80.4 cm³/mol. The summed E-state index contributed by atoms with van der Waals surface area (Å²) in [6.45, 7) is 4.09. The molecule has 1 aliphatic rings. The zero-order valence-corrected chi connectivity index (χ0v) is 12.9. The first-order valence-corrected chi connectivity index (χ1v) is 7.51. The quantitative estimate of drug-likeness (QED) is 0.923. The molecule has 1 aromatic rings. The summed E-state index contributed by atoms with van der Waals surface area (Å²) < 4.78 is 1.14. The Hall–Kier alpha value is -0.380. The number of nitrogens with zero attached hydrogens (tertiary/aromatic N) is 1. The van der Waals surface area contributed by atoms with Crippen LogP contribution in [0.1, 0.15) is 31.7 Å². The Morgan fingerprint density at radius 1 is 1.39 bits per heavy atom. The molecule has 2 atom stereocenters. The van der Waals surface area contributed by atoms with E-state index < -0.39 is 0 Å². The van der Waals surface area contributed by atoms with Gasteiger partial charge in [-0.3, -0.25) is 4.90 Å². The number of hydrogen-bond donors (Lipinski definition) is 1. The summed E-state index contributed by atoms with van der Waals surface area (Å²) >= 11 is 3.48. The van der Waals surface area contributed by atoms with Crippen LogP contribution in [0.15, 0.2) is 28.7 Å². The molecule has 0 saturated heterocycles. The highest BCUT2D eigenvalue weighted by molar-refractivity contribution is 9.10. The largest absolute Gasteiger partial charge is 0.329 e. The van der Waals surface area contributed by atoms with Crippen molar-refractivity contribution < 1.29 is 0 Å². The van der Waals surface area contributed by atoms with Crippen LogP contribution in [-0.2, 0) is 6.54 Å². The van der Waals surface area contributed by atoms with Crippen LogP contribution in [0.25, 0.3) is 0 Å². The van der Waals surface area contributed by atoms with Gasteiger partial charge in [0, 0.05) is 23.1 Å². The lowest BCUT2D eigenvalue weighted by molar-refractivity contribution is 0.120. The lowest BCUT2D eigenvalue weighted by Crippen LogP contribution is -2.49. The Bertz CT molecular complexity index is 390. The molecule has 0 aliphatic heterocycles. The predicted octanol–water partition coefficient (Wildman–Crippen LogP) is 3.40. The minimum atomic E-state index is 0.215. The number of likely N-dealkylation sites (N-methyl/N-ethyl adjacent to an activating group) is 1. The number of benzene rings is 1. The molecule has 0 radical (unpaired) electrons. The van der Waals surface area contributed by atoms with Gasteiger partial charge in [0.1, 0.15) is 0 Å². The SMILES string of the molecule is CC1CCC(CN)(N(C)Cc2ccc(Br)cc2)C1. The van der Waals surface area contributed by atoms with Crippen molar-refractivity contribution in [3.05, 3.63) is 34.3 Å². The highest BCUT2D eigenvalue weighted by Crippen LogP contribution is 2.38. The van der Waals surface area contributed by atoms with Crippen molar-refractivity contribution in [3.63, 3.8) is 0 Å². The van der Waals surface area contributed by atoms with E-state index in [1.54, 1.807) is 0 Å². The van der Waals surface area contributed by atoms with Crippen molar-refractivity contribution in [2.45, 2.75) is 38.3 Å². The molecule has 1 aliphatic carbocycles. The fourth-order valence-corrected chi connectivity index (χ4v) is 3.35. The second kappa shape index (κ2) is 5.72. The van der Waals surface area contributed by atoms with Gasteiger partial charge in [-0.25, -0.2) is 0 Å². The molecule has 0 heterocycles. The molecular formula is C15H23BrN2. The van der Waals surface area contributed by atoms with Crippen LogP contribution in [0.2, 0.25) is 0 Å². The second-order valence-corrected chi connectivity index (χ2v) is 6.67. The van der Waals surface area contributed by atoms with Gasteiger partial charge in [-0.1, -0.05) is 35.0 Å². The van der Waals surface area contributed by atoms with Gasteiger partial charge in [-0.2, -0.15) is 0 Å². The third kappa shape index (κ3) is 2.95. The fraction of sp³-hybridized carbons (Fsp3) is 0.600. The molecule has 0 aromatic heterocycles. The van der Waals surface area contributed by atoms with Crippen molar-refractivity contribution in [2.24, 2.45) is 11.7 Å². The number of hydrogen-bond acceptors (Lipinski definition) is 2. The zero-order valence-electron chi connectivity index (χ0n) is 11.3. The van der Waals surface area contributed by atoms with E-state index in [1.165, 1.54) is 24.8 Å². The van der Waals surface area contributed by atoms with E-state index in [4.69, 9.17) is 5.73 Å². The van der Waals surface area contributed by atoms with Crippen LogP contribution in [0, 0.1) is 5.92 Å². The molecule has 18 heavy (non-hydrogen) atoms. The van der Waals surface area contributed by atoms with E-state index in [2.05, 4.69) is 59.1 Å². The molecule has 3 heteroatoms. The number of halogens is 1. The maximum atomic E-state index is 6.06. The average Bonchev–Trinajstić information content (AvgIpc) is 2.75. The lowest BCUT2D eigenvalue weighted by atomic mass is 9.94. The summed E-state index contributed by atoms with van der Waals surface area (Å²) in [7, 11) is 2.22. The molecule has 2 N–H and O–H groups in total. The van der Waals surface area contributed by atoms with Crippen molar-refractivity contribution in [1.82, 2.24) is 4.90 Å². The Kier molecular flexibility index (Phi) is 4.46. The highest BCUT2D eigenvalue weighted by Gasteiger charge is 2.39. The van der Waals surface area contributed by atoms with Crippen LogP contribution < -0.4 is 5.73 Å². The molecule has 0 bridgehead atoms. The highest BCUT2D eigenvalue weighted by atomic mass is 79.9. The summed E-state index contributed by atoms with van der Waals surface area (Å²) in [5.41, 5.74) is 7.63. The minimum Gasteiger partial charge on any atom is -0.329 e. The van der Waals surface area contributed by atoms with E-state index in [0.717, 1.165) is 23.5 Å². The van der Waals surface area contributed by atoms with Gasteiger partial charge in [-0.05, 0) is 49.9 Å². The maximum Gasteiger partial charge on any atom is 0.0334 e. The third-order valence-corrected chi connectivity index (χ3v) is 4.88. The van der Waals surface area contributed by atoms with Crippen molar-refractivity contribution in [1.29, 1.82) is 0 Å². The van der Waals surface area contributed by atoms with Gasteiger partial charge in [0.15, 0.2) is 0 Å². The normalized spacial score (nSPS) is 27.9. The Balaban J connectivity index is 2.06. The standard InChI is InChI=1S/C15H23BrN2/c1-12-7-8-15(9-12,11-17)18(2)10-13-3-5-14(16)6-4-13/h3-6,12H,7-11,17H2,1-2H3. The van der Waals surface area contributed by atoms with Crippen LogP contribution in [0.4, 0.5) is 0 Å². The van der Waals surface area contributed by atoms with E-state index >= 15 is 0 Å². The van der Waals surface area contributed by atoms with E-state index in [9.17, 15) is 0 Å². The lowest BCUT2D eigenvalue weighted by Gasteiger charge is -2.38. The molecule has 100 valence electrons. The van der Waals surface area contributed by atoms with E-state index in [-0.39, 0.29) is 5.54 Å². The van der Waals surface area contributed by atoms with Crippen LogP contribution >= 0.6 is 15.9 Å². The van der Waals surface area contributed by atoms with Crippen molar-refractivity contribution in [2.75, 3.05) is 13.6 Å². The molecule has 0 amide bonds. The summed E-state index contributed by atoms with van der Waals surface area (Å²) in [6.07, 6.45) is 3.77. The summed E-state index contributed by atoms with van der Waals surface area (Å²) in [5, 5.41) is 0. The van der Waals surface area contributed by atoms with Crippen molar-refractivity contribution >= 4 is 15.9 Å². The summed E-state index contributed by atoms with van der Waals surface area (Å²) in [5.74, 6) is 0.806. The molecule has 0 spiro atoms. The molecule has 2 unspecified atom stereocenters. The van der Waals surface area contributed by atoms with Crippen LogP contribution in [-0.4, -0.2) is 24.0 Å². The van der Waals surface area contributed by atoms with Crippen molar-refractivity contribution in [3.8, 4) is 0 Å². The van der Waals surface area contributed by atoms with E-state index in [1.807, 2.05) is 0 Å². The molecule has 1 aromatic carbocycles. The minimum absolute atomic E-state index is 0.215. The maximum absolute atomic E-state index is 6.06. The van der Waals surface area contributed by atoms with Gasteiger partial charge < -0.3 is 5.73 Å². The second-order valence-electron chi connectivity index (χ2n) is 5.76. The Morgan fingerprint density at radius 2 is 2.06 bits per heavy atom. The van der Waals surface area contributed by atoms with E-state index in [0.29, 0.717) is 0 Å². The molecular weight excluding hydrogens is 288 g/mol. The van der Waals surface area contributed by atoms with Gasteiger partial charge in [-0.15, -0.1) is 0 Å². The average molecular weight is 311 g/mol. The first kappa shape index (κ1) is 14.0. The number of rotatable bonds is 4. The molecule has 1 fully saturated rings. The molecule has 1 saturated carbocycles. The van der Waals surface area contributed by atoms with Gasteiger partial charge >= 0.3 is 0 Å². The Morgan fingerprint density at radius 3 is 2.56 bits per heavy atom. The van der Waals surface area contributed by atoms with Gasteiger partial charge in [0.2, 0.25) is 0 Å². The third-order valence-electron chi connectivity index (χ3n) is 4.35. The molecule has 2 nitrogen and oxygen atoms in total. The molecule has 2 rings (SSSR count). The fourth-order valence-electron chi connectivity index (χ4n) is 3.09. The first-order valence-electron chi connectivity index (χ1n) is 6.71. The monoisotopic (exact) mass is 310 g/mol. The van der Waals surface area contributed by atoms with Gasteiger partial charge in [0.05, 0.1) is 0 Å². The first-order chi connectivity index (χ1) is 8.55. The summed E-state index contributed by atoms with van der Waals surface area (Å²) in [6, 6.07) is 8.58. The van der Waals surface area contributed by atoms with Gasteiger partial charge in [0.25, 0.3) is 0 Å². The zero-order chi connectivity index (χ0) is 13.2.